The molecule has 0 spiro atoms. The van der Waals surface area contributed by atoms with Crippen molar-refractivity contribution in [2.24, 2.45) is 0 Å². The molecule has 7 heteroatoms. The third-order valence-corrected chi connectivity index (χ3v) is 5.29. The van der Waals surface area contributed by atoms with E-state index in [9.17, 15) is 8.42 Å². The van der Waals surface area contributed by atoms with Gasteiger partial charge in [-0.1, -0.05) is 15.9 Å². The lowest BCUT2D eigenvalue weighted by molar-refractivity contribution is 0.361. The van der Waals surface area contributed by atoms with Gasteiger partial charge in [-0.25, -0.2) is 13.1 Å². The van der Waals surface area contributed by atoms with Gasteiger partial charge >= 0.3 is 0 Å². The topological polar surface area (TPSA) is 67.4 Å². The number of benzene rings is 1. The van der Waals surface area contributed by atoms with Crippen molar-refractivity contribution in [3.05, 3.63) is 22.7 Å². The Morgan fingerprint density at radius 2 is 2.15 bits per heavy atom. The van der Waals surface area contributed by atoms with Crippen LogP contribution in [0.3, 0.4) is 0 Å². The van der Waals surface area contributed by atoms with Crippen LogP contribution < -0.4 is 14.8 Å². The molecule has 1 aromatic rings. The number of hydrogen-bond acceptors (Lipinski definition) is 4. The van der Waals surface area contributed by atoms with Crippen molar-refractivity contribution in [2.75, 3.05) is 13.7 Å². The standard InChI is InChI=1S/C13H19BrN2O3S/c1-9-5-11(3-4-15-9)16-20(17,18)13-7-10(14)6-12(8-13)19-2/h6-9,11,15-16H,3-5H2,1-2H3. The second-order valence-electron chi connectivity index (χ2n) is 5.02. The monoisotopic (exact) mass is 362 g/mol. The summed E-state index contributed by atoms with van der Waals surface area (Å²) in [6.45, 7) is 2.89. The summed E-state index contributed by atoms with van der Waals surface area (Å²) in [6, 6.07) is 5.13. The van der Waals surface area contributed by atoms with Gasteiger partial charge in [0, 0.05) is 22.6 Å². The summed E-state index contributed by atoms with van der Waals surface area (Å²) in [6.07, 6.45) is 1.60. The predicted molar refractivity (Wildman–Crippen MR) is 81.5 cm³/mol. The van der Waals surface area contributed by atoms with E-state index < -0.39 is 10.0 Å². The minimum atomic E-state index is -3.53. The van der Waals surface area contributed by atoms with E-state index in [4.69, 9.17) is 4.74 Å². The van der Waals surface area contributed by atoms with Gasteiger partial charge in [-0.3, -0.25) is 0 Å². The lowest BCUT2D eigenvalue weighted by Crippen LogP contribution is -2.46. The molecule has 0 aliphatic carbocycles. The molecule has 1 aromatic carbocycles. The first-order chi connectivity index (χ1) is 9.40. The maximum Gasteiger partial charge on any atom is 0.240 e. The number of ether oxygens (including phenoxy) is 1. The summed E-state index contributed by atoms with van der Waals surface area (Å²) in [5, 5.41) is 3.30. The van der Waals surface area contributed by atoms with Crippen LogP contribution in [0.4, 0.5) is 0 Å². The fourth-order valence-electron chi connectivity index (χ4n) is 2.34. The molecule has 1 saturated heterocycles. The Kier molecular flexibility index (Phi) is 5.06. The molecule has 2 atom stereocenters. The summed E-state index contributed by atoms with van der Waals surface area (Å²) < 4.78 is 33.4. The average Bonchev–Trinajstić information content (AvgIpc) is 2.37. The van der Waals surface area contributed by atoms with Crippen LogP contribution in [0, 0.1) is 0 Å². The van der Waals surface area contributed by atoms with Crippen molar-refractivity contribution in [3.8, 4) is 5.75 Å². The van der Waals surface area contributed by atoms with E-state index in [0.29, 0.717) is 16.3 Å². The van der Waals surface area contributed by atoms with Crippen molar-refractivity contribution in [3.63, 3.8) is 0 Å². The molecule has 1 fully saturated rings. The molecule has 2 N–H and O–H groups in total. The molecule has 2 unspecified atom stereocenters. The molecule has 2 rings (SSSR count). The van der Waals surface area contributed by atoms with Gasteiger partial charge in [0.05, 0.1) is 12.0 Å². The Balaban J connectivity index is 2.19. The Morgan fingerprint density at radius 3 is 2.80 bits per heavy atom. The zero-order valence-electron chi connectivity index (χ0n) is 11.5. The van der Waals surface area contributed by atoms with E-state index in [2.05, 4.69) is 32.9 Å². The smallest absolute Gasteiger partial charge is 0.240 e. The van der Waals surface area contributed by atoms with Crippen LogP contribution in [0.1, 0.15) is 19.8 Å². The highest BCUT2D eigenvalue weighted by atomic mass is 79.9. The van der Waals surface area contributed by atoms with Crippen molar-refractivity contribution in [1.29, 1.82) is 0 Å². The van der Waals surface area contributed by atoms with Crippen LogP contribution in [0.25, 0.3) is 0 Å². The molecular weight excluding hydrogens is 344 g/mol. The molecule has 1 heterocycles. The Morgan fingerprint density at radius 1 is 1.40 bits per heavy atom. The van der Waals surface area contributed by atoms with Crippen LogP contribution in [0.15, 0.2) is 27.6 Å². The first kappa shape index (κ1) is 15.8. The number of methoxy groups -OCH3 is 1. The first-order valence-electron chi connectivity index (χ1n) is 6.51. The van der Waals surface area contributed by atoms with Gasteiger partial charge in [-0.15, -0.1) is 0 Å². The number of nitrogens with one attached hydrogen (secondary N) is 2. The van der Waals surface area contributed by atoms with Crippen molar-refractivity contribution < 1.29 is 13.2 Å². The van der Waals surface area contributed by atoms with Gasteiger partial charge in [0.1, 0.15) is 5.75 Å². The van der Waals surface area contributed by atoms with E-state index >= 15 is 0 Å². The second-order valence-corrected chi connectivity index (χ2v) is 7.65. The van der Waals surface area contributed by atoms with Crippen LogP contribution in [-0.4, -0.2) is 34.2 Å². The highest BCUT2D eigenvalue weighted by Crippen LogP contribution is 2.24. The van der Waals surface area contributed by atoms with Crippen molar-refractivity contribution in [1.82, 2.24) is 10.0 Å². The summed E-state index contributed by atoms with van der Waals surface area (Å²) in [7, 11) is -2.01. The van der Waals surface area contributed by atoms with Gasteiger partial charge in [-0.2, -0.15) is 0 Å². The summed E-state index contributed by atoms with van der Waals surface area (Å²) in [5.74, 6) is 0.512. The lowest BCUT2D eigenvalue weighted by atomic mass is 10.0. The van der Waals surface area contributed by atoms with Crippen LogP contribution >= 0.6 is 15.9 Å². The molecule has 0 radical (unpaired) electrons. The lowest BCUT2D eigenvalue weighted by Gasteiger charge is -2.28. The highest BCUT2D eigenvalue weighted by Gasteiger charge is 2.24. The van der Waals surface area contributed by atoms with E-state index in [1.807, 2.05) is 0 Å². The molecule has 5 nitrogen and oxygen atoms in total. The minimum absolute atomic E-state index is 0.0266. The van der Waals surface area contributed by atoms with Crippen molar-refractivity contribution >= 4 is 26.0 Å². The molecule has 20 heavy (non-hydrogen) atoms. The Hall–Kier alpha value is -0.630. The SMILES string of the molecule is COc1cc(Br)cc(S(=O)(=O)NC2CCNC(C)C2)c1. The van der Waals surface area contributed by atoms with Gasteiger partial charge in [0.2, 0.25) is 10.0 Å². The van der Waals surface area contributed by atoms with Crippen LogP contribution in [0.5, 0.6) is 5.75 Å². The number of halogens is 1. The number of piperidine rings is 1. The number of hydrogen-bond donors (Lipinski definition) is 2. The quantitative estimate of drug-likeness (QED) is 0.857. The molecule has 1 aliphatic rings. The highest BCUT2D eigenvalue weighted by molar-refractivity contribution is 9.10. The second kappa shape index (κ2) is 6.43. The predicted octanol–water partition coefficient (Wildman–Crippen LogP) is 1.88. The molecule has 112 valence electrons. The fourth-order valence-corrected chi connectivity index (χ4v) is 4.30. The third kappa shape index (κ3) is 3.94. The third-order valence-electron chi connectivity index (χ3n) is 3.34. The summed E-state index contributed by atoms with van der Waals surface area (Å²) in [5.41, 5.74) is 0. The van der Waals surface area contributed by atoms with E-state index in [-0.39, 0.29) is 10.9 Å². The molecule has 0 saturated carbocycles. The Labute approximate surface area is 128 Å². The maximum atomic E-state index is 12.4. The first-order valence-corrected chi connectivity index (χ1v) is 8.78. The number of sulfonamides is 1. The molecule has 1 aliphatic heterocycles. The molecule has 0 aromatic heterocycles. The van der Waals surface area contributed by atoms with E-state index in [0.717, 1.165) is 19.4 Å². The van der Waals surface area contributed by atoms with Gasteiger partial charge in [0.25, 0.3) is 0 Å². The molecular formula is C13H19BrN2O3S. The number of rotatable bonds is 4. The summed E-state index contributed by atoms with van der Waals surface area (Å²) >= 11 is 3.30. The van der Waals surface area contributed by atoms with Crippen LogP contribution in [0.2, 0.25) is 0 Å². The largest absolute Gasteiger partial charge is 0.497 e. The van der Waals surface area contributed by atoms with Gasteiger partial charge < -0.3 is 10.1 Å². The Bertz CT molecular complexity index is 577. The zero-order valence-corrected chi connectivity index (χ0v) is 13.9. The molecule has 0 bridgehead atoms. The summed E-state index contributed by atoms with van der Waals surface area (Å²) in [4.78, 5) is 0.218. The van der Waals surface area contributed by atoms with Gasteiger partial charge in [-0.05, 0) is 38.4 Å². The van der Waals surface area contributed by atoms with E-state index in [1.54, 1.807) is 12.1 Å². The minimum Gasteiger partial charge on any atom is -0.497 e. The average molecular weight is 363 g/mol. The van der Waals surface area contributed by atoms with Crippen molar-refractivity contribution in [2.45, 2.75) is 36.7 Å². The van der Waals surface area contributed by atoms with Gasteiger partial charge in [0.15, 0.2) is 0 Å². The van der Waals surface area contributed by atoms with Crippen LogP contribution in [-0.2, 0) is 10.0 Å². The van der Waals surface area contributed by atoms with E-state index in [1.165, 1.54) is 13.2 Å². The molecule has 0 amide bonds. The normalized spacial score (nSPS) is 23.6. The maximum absolute atomic E-state index is 12.4. The fraction of sp³-hybridized carbons (Fsp3) is 0.538. The zero-order chi connectivity index (χ0) is 14.8.